The maximum atomic E-state index is 9.04. The molecule has 3 N–H and O–H groups in total. The fourth-order valence-corrected chi connectivity index (χ4v) is 1.68. The summed E-state index contributed by atoms with van der Waals surface area (Å²) in [5.41, 5.74) is 8.00. The Labute approximate surface area is 103 Å². The van der Waals surface area contributed by atoms with Gasteiger partial charge in [-0.1, -0.05) is 12.1 Å². The van der Waals surface area contributed by atoms with E-state index >= 15 is 0 Å². The minimum Gasteiger partial charge on any atom is -0.395 e. The SMILES string of the molecule is COCCN(CCO)c1ccc([C@H](C)N)cc1. The van der Waals surface area contributed by atoms with Crippen LogP contribution in [-0.4, -0.2) is 38.5 Å². The summed E-state index contributed by atoms with van der Waals surface area (Å²) < 4.78 is 5.06. The maximum absolute atomic E-state index is 9.04. The Hall–Kier alpha value is -1.10. The van der Waals surface area contributed by atoms with Crippen LogP contribution in [0.25, 0.3) is 0 Å². The van der Waals surface area contributed by atoms with Crippen molar-refractivity contribution in [1.82, 2.24) is 0 Å². The molecule has 1 atom stereocenters. The van der Waals surface area contributed by atoms with Crippen LogP contribution in [0.4, 0.5) is 5.69 Å². The van der Waals surface area contributed by atoms with Gasteiger partial charge >= 0.3 is 0 Å². The molecule has 17 heavy (non-hydrogen) atoms. The quantitative estimate of drug-likeness (QED) is 0.748. The van der Waals surface area contributed by atoms with Crippen LogP contribution >= 0.6 is 0 Å². The number of rotatable bonds is 7. The van der Waals surface area contributed by atoms with Crippen LogP contribution in [0.1, 0.15) is 18.5 Å². The Balaban J connectivity index is 2.72. The van der Waals surface area contributed by atoms with Gasteiger partial charge in [-0.05, 0) is 24.6 Å². The maximum Gasteiger partial charge on any atom is 0.0637 e. The Morgan fingerprint density at radius 1 is 1.29 bits per heavy atom. The number of aliphatic hydroxyl groups is 1. The average molecular weight is 238 g/mol. The molecular weight excluding hydrogens is 216 g/mol. The van der Waals surface area contributed by atoms with E-state index in [4.69, 9.17) is 15.6 Å². The van der Waals surface area contributed by atoms with Crippen molar-refractivity contribution in [1.29, 1.82) is 0 Å². The molecule has 0 saturated carbocycles. The molecular formula is C13H22N2O2. The topological polar surface area (TPSA) is 58.7 Å². The number of aliphatic hydroxyl groups excluding tert-OH is 1. The van der Waals surface area contributed by atoms with E-state index in [1.807, 2.05) is 31.2 Å². The number of ether oxygens (including phenoxy) is 1. The Morgan fingerprint density at radius 3 is 2.41 bits per heavy atom. The van der Waals surface area contributed by atoms with Crippen LogP contribution in [0.15, 0.2) is 24.3 Å². The second-order valence-corrected chi connectivity index (χ2v) is 4.08. The van der Waals surface area contributed by atoms with Crippen LogP contribution in [0.3, 0.4) is 0 Å². The molecule has 0 spiro atoms. The molecule has 0 bridgehead atoms. The van der Waals surface area contributed by atoms with Crippen LogP contribution < -0.4 is 10.6 Å². The van der Waals surface area contributed by atoms with Gasteiger partial charge in [0.05, 0.1) is 13.2 Å². The summed E-state index contributed by atoms with van der Waals surface area (Å²) in [7, 11) is 1.68. The summed E-state index contributed by atoms with van der Waals surface area (Å²) >= 11 is 0. The van der Waals surface area contributed by atoms with Crippen molar-refractivity contribution < 1.29 is 9.84 Å². The van der Waals surface area contributed by atoms with Crippen LogP contribution in [-0.2, 0) is 4.74 Å². The number of nitrogens with two attached hydrogens (primary N) is 1. The van der Waals surface area contributed by atoms with Crippen molar-refractivity contribution in [2.75, 3.05) is 38.3 Å². The van der Waals surface area contributed by atoms with Crippen LogP contribution in [0, 0.1) is 0 Å². The molecule has 0 radical (unpaired) electrons. The van der Waals surface area contributed by atoms with E-state index in [0.717, 1.165) is 17.8 Å². The van der Waals surface area contributed by atoms with Crippen molar-refractivity contribution in [3.05, 3.63) is 29.8 Å². The first-order valence-corrected chi connectivity index (χ1v) is 5.89. The minimum atomic E-state index is 0.0503. The van der Waals surface area contributed by atoms with E-state index in [1.165, 1.54) is 0 Å². The molecule has 1 aromatic carbocycles. The molecule has 0 amide bonds. The van der Waals surface area contributed by atoms with Crippen molar-refractivity contribution in [3.8, 4) is 0 Å². The highest BCUT2D eigenvalue weighted by Gasteiger charge is 2.06. The van der Waals surface area contributed by atoms with Gasteiger partial charge in [0.25, 0.3) is 0 Å². The van der Waals surface area contributed by atoms with Crippen molar-refractivity contribution in [2.24, 2.45) is 5.73 Å². The highest BCUT2D eigenvalue weighted by molar-refractivity contribution is 5.48. The fraction of sp³-hybridized carbons (Fsp3) is 0.538. The lowest BCUT2D eigenvalue weighted by atomic mass is 10.1. The predicted molar refractivity (Wildman–Crippen MR) is 70.2 cm³/mol. The van der Waals surface area contributed by atoms with Gasteiger partial charge in [-0.15, -0.1) is 0 Å². The van der Waals surface area contributed by atoms with Gasteiger partial charge in [0.2, 0.25) is 0 Å². The molecule has 0 aromatic heterocycles. The lowest BCUT2D eigenvalue weighted by Gasteiger charge is -2.24. The second-order valence-electron chi connectivity index (χ2n) is 4.08. The number of methoxy groups -OCH3 is 1. The monoisotopic (exact) mass is 238 g/mol. The zero-order chi connectivity index (χ0) is 12.7. The van der Waals surface area contributed by atoms with Crippen molar-refractivity contribution in [2.45, 2.75) is 13.0 Å². The van der Waals surface area contributed by atoms with Gasteiger partial charge in [-0.2, -0.15) is 0 Å². The number of benzene rings is 1. The zero-order valence-electron chi connectivity index (χ0n) is 10.6. The van der Waals surface area contributed by atoms with E-state index < -0.39 is 0 Å². The smallest absolute Gasteiger partial charge is 0.0637 e. The van der Waals surface area contributed by atoms with Gasteiger partial charge in [0.15, 0.2) is 0 Å². The van der Waals surface area contributed by atoms with E-state index in [2.05, 4.69) is 4.90 Å². The summed E-state index contributed by atoms with van der Waals surface area (Å²) in [6.45, 7) is 4.13. The summed E-state index contributed by atoms with van der Waals surface area (Å²) in [4.78, 5) is 2.09. The molecule has 4 nitrogen and oxygen atoms in total. The fourth-order valence-electron chi connectivity index (χ4n) is 1.68. The lowest BCUT2D eigenvalue weighted by Crippen LogP contribution is -2.30. The van der Waals surface area contributed by atoms with Gasteiger partial charge in [-0.25, -0.2) is 0 Å². The third kappa shape index (κ3) is 4.34. The summed E-state index contributed by atoms with van der Waals surface area (Å²) in [6.07, 6.45) is 0. The van der Waals surface area contributed by atoms with Gasteiger partial charge in [0.1, 0.15) is 0 Å². The van der Waals surface area contributed by atoms with E-state index in [0.29, 0.717) is 13.2 Å². The summed E-state index contributed by atoms with van der Waals surface area (Å²) in [6, 6.07) is 8.16. The van der Waals surface area contributed by atoms with E-state index in [-0.39, 0.29) is 12.6 Å². The molecule has 0 aliphatic heterocycles. The zero-order valence-corrected chi connectivity index (χ0v) is 10.6. The molecule has 4 heteroatoms. The lowest BCUT2D eigenvalue weighted by molar-refractivity contribution is 0.203. The first kappa shape index (κ1) is 14.0. The molecule has 0 unspecified atom stereocenters. The van der Waals surface area contributed by atoms with Gasteiger partial charge in [-0.3, -0.25) is 0 Å². The molecule has 0 aliphatic rings. The standard InChI is InChI=1S/C13H22N2O2/c1-11(14)12-3-5-13(6-4-12)15(7-9-16)8-10-17-2/h3-6,11,16H,7-10,14H2,1-2H3/t11-/m0/s1. The first-order chi connectivity index (χ1) is 8.19. The van der Waals surface area contributed by atoms with Crippen LogP contribution in [0.5, 0.6) is 0 Å². The highest BCUT2D eigenvalue weighted by atomic mass is 16.5. The van der Waals surface area contributed by atoms with Crippen molar-refractivity contribution in [3.63, 3.8) is 0 Å². The van der Waals surface area contributed by atoms with Crippen molar-refractivity contribution >= 4 is 5.69 Å². The molecule has 96 valence electrons. The first-order valence-electron chi connectivity index (χ1n) is 5.89. The Bertz CT molecular complexity index is 312. The summed E-state index contributed by atoms with van der Waals surface area (Å²) in [5, 5.41) is 9.04. The molecule has 0 fully saturated rings. The normalized spacial score (nSPS) is 12.5. The number of hydrogen-bond acceptors (Lipinski definition) is 4. The number of anilines is 1. The van der Waals surface area contributed by atoms with Crippen LogP contribution in [0.2, 0.25) is 0 Å². The third-order valence-electron chi connectivity index (χ3n) is 2.72. The average Bonchev–Trinajstić information content (AvgIpc) is 2.34. The molecule has 1 aromatic rings. The second kappa shape index (κ2) is 7.27. The minimum absolute atomic E-state index is 0.0503. The number of hydrogen-bond donors (Lipinski definition) is 2. The number of nitrogens with zero attached hydrogens (tertiary/aromatic N) is 1. The summed E-state index contributed by atoms with van der Waals surface area (Å²) in [5.74, 6) is 0. The predicted octanol–water partition coefficient (Wildman–Crippen LogP) is 1.15. The Morgan fingerprint density at radius 2 is 1.94 bits per heavy atom. The molecule has 0 saturated heterocycles. The van der Waals surface area contributed by atoms with E-state index in [1.54, 1.807) is 7.11 Å². The largest absolute Gasteiger partial charge is 0.395 e. The highest BCUT2D eigenvalue weighted by Crippen LogP contribution is 2.17. The third-order valence-corrected chi connectivity index (χ3v) is 2.72. The molecule has 1 rings (SSSR count). The van der Waals surface area contributed by atoms with Gasteiger partial charge < -0.3 is 20.5 Å². The molecule has 0 aliphatic carbocycles. The Kier molecular flexibility index (Phi) is 5.97. The van der Waals surface area contributed by atoms with Gasteiger partial charge in [0, 0.05) is 31.9 Å². The van der Waals surface area contributed by atoms with E-state index in [9.17, 15) is 0 Å². The molecule has 0 heterocycles.